The standard InChI is InChI=1S/C18H24F2N8S/c1-11-8-28(9-12(26-11)6-25-29-2)17-5-14(23-10-24-17)15-7-22-16(27-15)4-3-13(21)18(19)20/h3-5,7,10-12,18,21,25-26H,6,8-9H2,1-2H3,(H,22,27)/b4-3-,21-13?. The van der Waals surface area contributed by atoms with Crippen LogP contribution in [0, 0.1) is 5.41 Å². The number of aromatic nitrogens is 4. The van der Waals surface area contributed by atoms with Crippen molar-refractivity contribution in [3.63, 3.8) is 0 Å². The second-order valence-corrected chi connectivity index (χ2v) is 7.45. The van der Waals surface area contributed by atoms with Crippen LogP contribution in [0.1, 0.15) is 12.7 Å². The van der Waals surface area contributed by atoms with Crippen LogP contribution in [0.2, 0.25) is 0 Å². The second-order valence-electron chi connectivity index (χ2n) is 6.76. The Bertz CT molecular complexity index is 856. The second kappa shape index (κ2) is 9.90. The molecule has 8 nitrogen and oxygen atoms in total. The summed E-state index contributed by atoms with van der Waals surface area (Å²) in [6.07, 6.45) is 4.68. The summed E-state index contributed by atoms with van der Waals surface area (Å²) >= 11 is 1.60. The molecule has 29 heavy (non-hydrogen) atoms. The summed E-state index contributed by atoms with van der Waals surface area (Å²) in [5.74, 6) is 1.20. The van der Waals surface area contributed by atoms with Gasteiger partial charge in [-0.05, 0) is 25.3 Å². The summed E-state index contributed by atoms with van der Waals surface area (Å²) in [5.41, 5.74) is 0.558. The van der Waals surface area contributed by atoms with E-state index < -0.39 is 12.1 Å². The van der Waals surface area contributed by atoms with Gasteiger partial charge in [-0.1, -0.05) is 11.9 Å². The summed E-state index contributed by atoms with van der Waals surface area (Å²) in [4.78, 5) is 18.1. The van der Waals surface area contributed by atoms with Crippen molar-refractivity contribution in [2.24, 2.45) is 0 Å². The normalized spacial score (nSPS) is 20.0. The van der Waals surface area contributed by atoms with Crippen molar-refractivity contribution >= 4 is 29.6 Å². The molecule has 2 atom stereocenters. The van der Waals surface area contributed by atoms with Gasteiger partial charge in [0.2, 0.25) is 0 Å². The first-order valence-corrected chi connectivity index (χ1v) is 10.4. The van der Waals surface area contributed by atoms with Crippen molar-refractivity contribution in [2.45, 2.75) is 25.4 Å². The third kappa shape index (κ3) is 5.81. The predicted octanol–water partition coefficient (Wildman–Crippen LogP) is 2.20. The lowest BCUT2D eigenvalue weighted by Crippen LogP contribution is -2.58. The van der Waals surface area contributed by atoms with Crippen LogP contribution in [0.5, 0.6) is 0 Å². The predicted molar refractivity (Wildman–Crippen MR) is 112 cm³/mol. The number of nitrogens with zero attached hydrogens (tertiary/aromatic N) is 4. The highest BCUT2D eigenvalue weighted by Gasteiger charge is 2.25. The van der Waals surface area contributed by atoms with Crippen LogP contribution in [0.15, 0.2) is 24.7 Å². The van der Waals surface area contributed by atoms with E-state index in [9.17, 15) is 8.78 Å². The molecule has 1 saturated heterocycles. The third-order valence-corrected chi connectivity index (χ3v) is 4.89. The van der Waals surface area contributed by atoms with Crippen LogP contribution >= 0.6 is 11.9 Å². The quantitative estimate of drug-likeness (QED) is 0.382. The number of nitrogens with one attached hydrogen (secondary N) is 4. The minimum absolute atomic E-state index is 0.304. The fraction of sp³-hybridized carbons (Fsp3) is 0.444. The average Bonchev–Trinajstić information content (AvgIpc) is 3.19. The lowest BCUT2D eigenvalue weighted by molar-refractivity contribution is 0.226. The lowest BCUT2D eigenvalue weighted by atomic mass is 10.1. The van der Waals surface area contributed by atoms with Gasteiger partial charge in [0.15, 0.2) is 0 Å². The molecule has 3 rings (SSSR count). The third-order valence-electron chi connectivity index (χ3n) is 4.43. The molecule has 156 valence electrons. The topological polar surface area (TPSA) is 106 Å². The van der Waals surface area contributed by atoms with Gasteiger partial charge in [-0.25, -0.2) is 23.7 Å². The van der Waals surface area contributed by atoms with Crippen LogP contribution < -0.4 is 14.9 Å². The van der Waals surface area contributed by atoms with E-state index in [1.165, 1.54) is 12.4 Å². The van der Waals surface area contributed by atoms with Crippen LogP contribution in [-0.4, -0.2) is 70.0 Å². The number of hydrogen-bond acceptors (Lipinski definition) is 8. The lowest BCUT2D eigenvalue weighted by Gasteiger charge is -2.38. The van der Waals surface area contributed by atoms with Gasteiger partial charge in [0.1, 0.15) is 18.0 Å². The number of alkyl halides is 2. The van der Waals surface area contributed by atoms with Gasteiger partial charge in [-0.3, -0.25) is 10.1 Å². The van der Waals surface area contributed by atoms with E-state index in [2.05, 4.69) is 41.8 Å². The van der Waals surface area contributed by atoms with Gasteiger partial charge in [0.05, 0.1) is 23.3 Å². The summed E-state index contributed by atoms with van der Waals surface area (Å²) in [6, 6.07) is 2.52. The molecule has 2 aromatic heterocycles. The number of aromatic amines is 1. The van der Waals surface area contributed by atoms with Crippen molar-refractivity contribution in [3.05, 3.63) is 30.5 Å². The molecule has 0 aromatic carbocycles. The molecule has 0 amide bonds. The molecule has 0 spiro atoms. The Balaban J connectivity index is 1.73. The average molecular weight is 423 g/mol. The number of piperazine rings is 1. The summed E-state index contributed by atoms with van der Waals surface area (Å²) in [6.45, 7) is 4.65. The van der Waals surface area contributed by atoms with E-state index >= 15 is 0 Å². The Morgan fingerprint density at radius 2 is 2.24 bits per heavy atom. The highest BCUT2D eigenvalue weighted by molar-refractivity contribution is 7.96. The Labute approximate surface area is 172 Å². The fourth-order valence-corrected chi connectivity index (χ4v) is 3.50. The molecule has 3 heterocycles. The molecule has 11 heteroatoms. The van der Waals surface area contributed by atoms with Crippen molar-refractivity contribution in [1.29, 1.82) is 5.41 Å². The van der Waals surface area contributed by atoms with E-state index in [-0.39, 0.29) is 0 Å². The zero-order valence-electron chi connectivity index (χ0n) is 16.2. The van der Waals surface area contributed by atoms with Gasteiger partial charge in [-0.2, -0.15) is 0 Å². The minimum Gasteiger partial charge on any atom is -0.353 e. The van der Waals surface area contributed by atoms with Gasteiger partial charge < -0.3 is 15.2 Å². The molecule has 1 aliphatic rings. The number of imidazole rings is 1. The van der Waals surface area contributed by atoms with Crippen LogP contribution in [-0.2, 0) is 0 Å². The molecular weight excluding hydrogens is 398 g/mol. The zero-order chi connectivity index (χ0) is 20.8. The highest BCUT2D eigenvalue weighted by Crippen LogP contribution is 2.21. The molecule has 1 fully saturated rings. The number of halogens is 2. The first kappa shape index (κ1) is 21.3. The van der Waals surface area contributed by atoms with Crippen molar-refractivity contribution in [1.82, 2.24) is 30.0 Å². The molecule has 0 saturated carbocycles. The molecule has 4 N–H and O–H groups in total. The highest BCUT2D eigenvalue weighted by atomic mass is 32.2. The molecule has 0 aliphatic carbocycles. The number of allylic oxidation sites excluding steroid dienone is 1. The van der Waals surface area contributed by atoms with Crippen LogP contribution in [0.25, 0.3) is 17.5 Å². The Morgan fingerprint density at radius 3 is 3.00 bits per heavy atom. The van der Waals surface area contributed by atoms with E-state index in [4.69, 9.17) is 5.41 Å². The number of rotatable bonds is 8. The van der Waals surface area contributed by atoms with Crippen LogP contribution in [0.3, 0.4) is 0 Å². The van der Waals surface area contributed by atoms with Gasteiger partial charge in [-0.15, -0.1) is 0 Å². The van der Waals surface area contributed by atoms with Crippen molar-refractivity contribution in [2.75, 3.05) is 30.8 Å². The SMILES string of the molecule is CSNCC1CN(c2cc(-c3cnc(/C=C\C(=N)C(F)F)[nH]3)ncn2)CC(C)N1. The fourth-order valence-electron chi connectivity index (χ4n) is 3.13. The zero-order valence-corrected chi connectivity index (χ0v) is 17.0. The Hall–Kier alpha value is -2.37. The van der Waals surface area contributed by atoms with E-state index in [0.717, 1.165) is 31.5 Å². The van der Waals surface area contributed by atoms with Crippen molar-refractivity contribution in [3.8, 4) is 11.4 Å². The first-order valence-electron chi connectivity index (χ1n) is 9.15. The monoisotopic (exact) mass is 422 g/mol. The van der Waals surface area contributed by atoms with E-state index in [1.807, 2.05) is 12.3 Å². The Kier molecular flexibility index (Phi) is 7.29. The van der Waals surface area contributed by atoms with Gasteiger partial charge in [0.25, 0.3) is 6.43 Å². The summed E-state index contributed by atoms with van der Waals surface area (Å²) in [5, 5.41) is 10.7. The molecule has 2 unspecified atom stereocenters. The van der Waals surface area contributed by atoms with E-state index in [1.54, 1.807) is 18.1 Å². The smallest absolute Gasteiger partial charge is 0.279 e. The van der Waals surface area contributed by atoms with Crippen LogP contribution in [0.4, 0.5) is 14.6 Å². The molecule has 1 aliphatic heterocycles. The molecule has 0 bridgehead atoms. The maximum atomic E-state index is 12.4. The first-order chi connectivity index (χ1) is 14.0. The van der Waals surface area contributed by atoms with Gasteiger partial charge in [0, 0.05) is 37.8 Å². The minimum atomic E-state index is -2.80. The molecule has 2 aromatic rings. The molecular formula is C18H24F2N8S. The maximum Gasteiger partial charge on any atom is 0.279 e. The number of hydrogen-bond donors (Lipinski definition) is 4. The largest absolute Gasteiger partial charge is 0.353 e. The Morgan fingerprint density at radius 1 is 1.41 bits per heavy atom. The maximum absolute atomic E-state index is 12.4. The van der Waals surface area contributed by atoms with Crippen molar-refractivity contribution < 1.29 is 8.78 Å². The summed E-state index contributed by atoms with van der Waals surface area (Å²) < 4.78 is 28.1. The van der Waals surface area contributed by atoms with Gasteiger partial charge >= 0.3 is 0 Å². The number of H-pyrrole nitrogens is 1. The summed E-state index contributed by atoms with van der Waals surface area (Å²) in [7, 11) is 0. The number of anilines is 1. The van der Waals surface area contributed by atoms with E-state index in [0.29, 0.717) is 29.3 Å². The molecule has 0 radical (unpaired) electrons.